The Morgan fingerprint density at radius 2 is 1.75 bits per heavy atom. The first kappa shape index (κ1) is 18.8. The van der Waals surface area contributed by atoms with Crippen LogP contribution in [0.4, 0.5) is 0 Å². The second-order valence-electron chi connectivity index (χ2n) is 7.51. The molecule has 3 aromatic rings. The van der Waals surface area contributed by atoms with E-state index < -0.39 is 0 Å². The third-order valence-electron chi connectivity index (χ3n) is 4.99. The van der Waals surface area contributed by atoms with Gasteiger partial charge in [0.25, 0.3) is 0 Å². The average molecular weight is 392 g/mol. The van der Waals surface area contributed by atoms with Crippen molar-refractivity contribution in [2.24, 2.45) is 5.92 Å². The van der Waals surface area contributed by atoms with Crippen molar-refractivity contribution in [2.75, 3.05) is 12.3 Å². The summed E-state index contributed by atoms with van der Waals surface area (Å²) in [7, 11) is 0. The Hall–Kier alpha value is -2.53. The Labute approximate surface area is 170 Å². The number of para-hydroxylation sites is 1. The van der Waals surface area contributed by atoms with Crippen LogP contribution in [0.1, 0.15) is 31.2 Å². The lowest BCUT2D eigenvalue weighted by molar-refractivity contribution is -0.128. The molecule has 0 saturated carbocycles. The van der Waals surface area contributed by atoms with Gasteiger partial charge >= 0.3 is 0 Å². The number of rotatable bonds is 6. The zero-order valence-corrected chi connectivity index (χ0v) is 17.1. The van der Waals surface area contributed by atoms with Crippen molar-refractivity contribution < 1.29 is 4.79 Å². The van der Waals surface area contributed by atoms with Crippen molar-refractivity contribution in [1.82, 2.24) is 14.7 Å². The predicted molar refractivity (Wildman–Crippen MR) is 115 cm³/mol. The molecule has 1 aliphatic rings. The molecule has 0 N–H and O–H groups in total. The van der Waals surface area contributed by atoms with Crippen LogP contribution in [-0.4, -0.2) is 32.9 Å². The van der Waals surface area contributed by atoms with Crippen LogP contribution >= 0.6 is 11.8 Å². The molecule has 1 aromatic heterocycles. The highest BCUT2D eigenvalue weighted by atomic mass is 32.2. The lowest BCUT2D eigenvalue weighted by Crippen LogP contribution is -2.30. The van der Waals surface area contributed by atoms with E-state index in [2.05, 4.69) is 44.3 Å². The number of carbonyl (C=O) groups excluding carboxylic acids is 1. The van der Waals surface area contributed by atoms with Gasteiger partial charge in [-0.1, -0.05) is 62.4 Å². The van der Waals surface area contributed by atoms with Gasteiger partial charge in [0, 0.05) is 23.9 Å². The molecular formula is C23H25N3OS. The van der Waals surface area contributed by atoms with Gasteiger partial charge in [0.05, 0.1) is 17.1 Å². The first-order valence-electron chi connectivity index (χ1n) is 9.75. The van der Waals surface area contributed by atoms with Crippen LogP contribution in [0.25, 0.3) is 16.9 Å². The molecule has 5 heteroatoms. The first-order chi connectivity index (χ1) is 13.6. The number of carbonyl (C=O) groups is 1. The van der Waals surface area contributed by atoms with Crippen LogP contribution in [0.5, 0.6) is 0 Å². The molecule has 4 rings (SSSR count). The minimum absolute atomic E-state index is 0.0129. The summed E-state index contributed by atoms with van der Waals surface area (Å²) in [4.78, 5) is 14.6. The number of hydrogen-bond donors (Lipinski definition) is 0. The van der Waals surface area contributed by atoms with E-state index in [4.69, 9.17) is 5.10 Å². The van der Waals surface area contributed by atoms with E-state index in [0.29, 0.717) is 11.7 Å². The summed E-state index contributed by atoms with van der Waals surface area (Å²) in [5, 5.41) is 4.93. The number of benzene rings is 2. The first-order valence-corrected chi connectivity index (χ1v) is 10.8. The van der Waals surface area contributed by atoms with Crippen molar-refractivity contribution >= 4 is 17.7 Å². The molecule has 2 aromatic carbocycles. The zero-order valence-electron chi connectivity index (χ0n) is 16.3. The Kier molecular flexibility index (Phi) is 5.53. The van der Waals surface area contributed by atoms with Gasteiger partial charge in [0.2, 0.25) is 5.91 Å². The fraction of sp³-hybridized carbons (Fsp3) is 0.304. The molecule has 0 bridgehead atoms. The Balaban J connectivity index is 1.76. The third-order valence-corrected chi connectivity index (χ3v) is 6.23. The fourth-order valence-corrected chi connectivity index (χ4v) is 4.67. The molecule has 28 heavy (non-hydrogen) atoms. The molecule has 1 atom stereocenters. The normalized spacial score (nSPS) is 16.9. The van der Waals surface area contributed by atoms with E-state index in [-0.39, 0.29) is 11.3 Å². The van der Waals surface area contributed by atoms with E-state index in [0.717, 1.165) is 35.5 Å². The third kappa shape index (κ3) is 3.85. The molecule has 144 valence electrons. The van der Waals surface area contributed by atoms with Crippen molar-refractivity contribution in [2.45, 2.75) is 25.6 Å². The van der Waals surface area contributed by atoms with Crippen LogP contribution in [0.3, 0.4) is 0 Å². The van der Waals surface area contributed by atoms with Crippen molar-refractivity contribution in [1.29, 1.82) is 0 Å². The lowest BCUT2D eigenvalue weighted by Gasteiger charge is -2.24. The summed E-state index contributed by atoms with van der Waals surface area (Å²) in [6, 6.07) is 20.4. The van der Waals surface area contributed by atoms with Gasteiger partial charge in [-0.2, -0.15) is 5.10 Å². The van der Waals surface area contributed by atoms with E-state index in [1.54, 1.807) is 11.8 Å². The van der Waals surface area contributed by atoms with E-state index >= 15 is 0 Å². The van der Waals surface area contributed by atoms with Gasteiger partial charge in [0.15, 0.2) is 0 Å². The number of hydrogen-bond acceptors (Lipinski definition) is 3. The molecule has 1 fully saturated rings. The molecule has 1 aliphatic heterocycles. The quantitative estimate of drug-likeness (QED) is 0.582. The highest BCUT2D eigenvalue weighted by Crippen LogP contribution is 2.42. The van der Waals surface area contributed by atoms with E-state index in [1.165, 1.54) is 0 Å². The molecule has 1 saturated heterocycles. The molecule has 1 unspecified atom stereocenters. The standard InChI is InChI=1S/C23H25N3OS/c1-17(2)13-14-25-21(27)16-28-23(25)20-15-26(19-11-7-4-8-12-19)24-22(20)18-9-5-3-6-10-18/h3-12,15,17,23H,13-14,16H2,1-2H3. The summed E-state index contributed by atoms with van der Waals surface area (Å²) < 4.78 is 1.93. The molecule has 0 radical (unpaired) electrons. The van der Waals surface area contributed by atoms with Crippen molar-refractivity contribution in [3.05, 3.63) is 72.4 Å². The molecule has 4 nitrogen and oxygen atoms in total. The lowest BCUT2D eigenvalue weighted by atomic mass is 10.1. The second kappa shape index (κ2) is 8.23. The van der Waals surface area contributed by atoms with Crippen LogP contribution in [-0.2, 0) is 4.79 Å². The van der Waals surface area contributed by atoms with Gasteiger partial charge in [-0.15, -0.1) is 11.8 Å². The van der Waals surface area contributed by atoms with Crippen LogP contribution < -0.4 is 0 Å². The topological polar surface area (TPSA) is 38.1 Å². The summed E-state index contributed by atoms with van der Waals surface area (Å²) >= 11 is 1.70. The van der Waals surface area contributed by atoms with Gasteiger partial charge in [-0.3, -0.25) is 4.79 Å². The second-order valence-corrected chi connectivity index (χ2v) is 8.58. The van der Waals surface area contributed by atoms with E-state index in [9.17, 15) is 4.79 Å². The SMILES string of the molecule is CC(C)CCN1C(=O)CSC1c1cn(-c2ccccc2)nc1-c1ccccc1. The van der Waals surface area contributed by atoms with Crippen LogP contribution in [0.15, 0.2) is 66.9 Å². The van der Waals surface area contributed by atoms with Crippen molar-refractivity contribution in [3.63, 3.8) is 0 Å². The monoisotopic (exact) mass is 391 g/mol. The Morgan fingerprint density at radius 1 is 1.07 bits per heavy atom. The van der Waals surface area contributed by atoms with Gasteiger partial charge in [-0.25, -0.2) is 4.68 Å². The highest BCUT2D eigenvalue weighted by Gasteiger charge is 2.35. The summed E-state index contributed by atoms with van der Waals surface area (Å²) in [6.07, 6.45) is 3.10. The molecule has 0 aliphatic carbocycles. The summed E-state index contributed by atoms with van der Waals surface area (Å²) in [5.41, 5.74) is 4.16. The molecular weight excluding hydrogens is 366 g/mol. The molecule has 0 spiro atoms. The van der Waals surface area contributed by atoms with Gasteiger partial charge in [0.1, 0.15) is 5.37 Å². The Morgan fingerprint density at radius 3 is 2.43 bits per heavy atom. The number of amides is 1. The number of aromatic nitrogens is 2. The summed E-state index contributed by atoms with van der Waals surface area (Å²) in [6.45, 7) is 5.19. The number of nitrogens with zero attached hydrogens (tertiary/aromatic N) is 3. The fourth-order valence-electron chi connectivity index (χ4n) is 3.45. The Bertz CT molecular complexity index is 937. The summed E-state index contributed by atoms with van der Waals surface area (Å²) in [5.74, 6) is 1.33. The van der Waals surface area contributed by atoms with Crippen LogP contribution in [0, 0.1) is 5.92 Å². The minimum Gasteiger partial charge on any atom is -0.326 e. The maximum atomic E-state index is 12.6. The maximum absolute atomic E-state index is 12.6. The van der Waals surface area contributed by atoms with Crippen LogP contribution in [0.2, 0.25) is 0 Å². The average Bonchev–Trinajstić information content (AvgIpc) is 3.31. The maximum Gasteiger partial charge on any atom is 0.233 e. The smallest absolute Gasteiger partial charge is 0.233 e. The number of thioether (sulfide) groups is 1. The molecule has 2 heterocycles. The highest BCUT2D eigenvalue weighted by molar-refractivity contribution is 8.00. The minimum atomic E-state index is 0.0129. The predicted octanol–water partition coefficient (Wildman–Crippen LogP) is 5.16. The largest absolute Gasteiger partial charge is 0.326 e. The zero-order chi connectivity index (χ0) is 19.5. The van der Waals surface area contributed by atoms with E-state index in [1.807, 2.05) is 46.0 Å². The molecule has 1 amide bonds. The van der Waals surface area contributed by atoms with Gasteiger partial charge in [-0.05, 0) is 24.5 Å². The van der Waals surface area contributed by atoms with Gasteiger partial charge < -0.3 is 4.90 Å². The van der Waals surface area contributed by atoms with Crippen molar-refractivity contribution in [3.8, 4) is 16.9 Å².